The molecule has 4 heteroatoms. The molecule has 1 aromatic carbocycles. The first-order valence-electron chi connectivity index (χ1n) is 7.79. The number of nitrogens with two attached hydrogens (primary N) is 1. The van der Waals surface area contributed by atoms with Crippen molar-refractivity contribution in [2.75, 3.05) is 6.54 Å². The highest BCUT2D eigenvalue weighted by Gasteiger charge is 2.53. The van der Waals surface area contributed by atoms with E-state index in [-0.39, 0.29) is 24.4 Å². The van der Waals surface area contributed by atoms with Crippen LogP contribution in [0.2, 0.25) is 0 Å². The molecule has 2 fully saturated rings. The van der Waals surface area contributed by atoms with E-state index in [2.05, 4.69) is 0 Å². The minimum Gasteiger partial charge on any atom is -0.328 e. The van der Waals surface area contributed by atoms with Gasteiger partial charge in [-0.2, -0.15) is 0 Å². The maximum absolute atomic E-state index is 12.9. The van der Waals surface area contributed by atoms with Gasteiger partial charge in [0.1, 0.15) is 0 Å². The molecule has 1 spiro atoms. The topological polar surface area (TPSA) is 63.4 Å². The molecular weight excluding hydrogens is 264 g/mol. The number of hydrogen-bond donors (Lipinski definition) is 1. The summed E-state index contributed by atoms with van der Waals surface area (Å²) in [5, 5.41) is 0. The van der Waals surface area contributed by atoms with Gasteiger partial charge >= 0.3 is 0 Å². The molecule has 1 heterocycles. The van der Waals surface area contributed by atoms with Gasteiger partial charge in [0.25, 0.3) is 0 Å². The molecule has 1 unspecified atom stereocenters. The van der Waals surface area contributed by atoms with E-state index in [1.54, 1.807) is 0 Å². The lowest BCUT2D eigenvalue weighted by Gasteiger charge is -2.32. The average Bonchev–Trinajstić information content (AvgIpc) is 2.74. The molecule has 0 radical (unpaired) electrons. The lowest BCUT2D eigenvalue weighted by atomic mass is 9.73. The second-order valence-electron chi connectivity index (χ2n) is 6.25. The van der Waals surface area contributed by atoms with Crippen molar-refractivity contribution in [3.05, 3.63) is 35.9 Å². The summed E-state index contributed by atoms with van der Waals surface area (Å²) in [6, 6.07) is 9.30. The van der Waals surface area contributed by atoms with Crippen LogP contribution in [0.5, 0.6) is 0 Å². The van der Waals surface area contributed by atoms with Crippen LogP contribution in [-0.4, -0.2) is 23.3 Å². The predicted octanol–water partition coefficient (Wildman–Crippen LogP) is 2.40. The monoisotopic (exact) mass is 286 g/mol. The summed E-state index contributed by atoms with van der Waals surface area (Å²) < 4.78 is 0. The first-order chi connectivity index (χ1) is 10.2. The SMILES string of the molecule is NCC(c1ccccc1)N1C(=O)CC2(CCCCC2)C1=O. The number of benzene rings is 1. The van der Waals surface area contributed by atoms with Gasteiger partial charge in [-0.3, -0.25) is 14.5 Å². The number of hydrogen-bond acceptors (Lipinski definition) is 3. The third-order valence-electron chi connectivity index (χ3n) is 4.96. The molecule has 4 nitrogen and oxygen atoms in total. The van der Waals surface area contributed by atoms with E-state index in [9.17, 15) is 9.59 Å². The first kappa shape index (κ1) is 14.3. The number of likely N-dealkylation sites (tertiary alicyclic amines) is 1. The van der Waals surface area contributed by atoms with E-state index in [4.69, 9.17) is 5.73 Å². The third kappa shape index (κ3) is 2.38. The van der Waals surface area contributed by atoms with Crippen LogP contribution >= 0.6 is 0 Å². The van der Waals surface area contributed by atoms with E-state index in [1.165, 1.54) is 11.3 Å². The average molecular weight is 286 g/mol. The lowest BCUT2D eigenvalue weighted by Crippen LogP contribution is -2.41. The Balaban J connectivity index is 1.90. The zero-order valence-corrected chi connectivity index (χ0v) is 12.3. The third-order valence-corrected chi connectivity index (χ3v) is 4.96. The molecule has 21 heavy (non-hydrogen) atoms. The maximum atomic E-state index is 12.9. The largest absolute Gasteiger partial charge is 0.328 e. The van der Waals surface area contributed by atoms with Crippen LogP contribution in [0.4, 0.5) is 0 Å². The van der Waals surface area contributed by atoms with Gasteiger partial charge in [0, 0.05) is 13.0 Å². The van der Waals surface area contributed by atoms with E-state index in [0.717, 1.165) is 31.2 Å². The fraction of sp³-hybridized carbons (Fsp3) is 0.529. The zero-order valence-electron chi connectivity index (χ0n) is 12.3. The summed E-state index contributed by atoms with van der Waals surface area (Å²) in [6.45, 7) is 0.275. The smallest absolute Gasteiger partial charge is 0.236 e. The van der Waals surface area contributed by atoms with Crippen LogP contribution < -0.4 is 5.73 Å². The molecule has 2 aliphatic rings. The van der Waals surface area contributed by atoms with Crippen molar-refractivity contribution in [1.82, 2.24) is 4.90 Å². The molecular formula is C17H22N2O2. The van der Waals surface area contributed by atoms with Crippen LogP contribution in [0, 0.1) is 5.41 Å². The van der Waals surface area contributed by atoms with E-state index >= 15 is 0 Å². The molecule has 2 amide bonds. The predicted molar refractivity (Wildman–Crippen MR) is 80.2 cm³/mol. The fourth-order valence-corrected chi connectivity index (χ4v) is 3.82. The Hall–Kier alpha value is -1.68. The van der Waals surface area contributed by atoms with E-state index in [1.807, 2.05) is 30.3 Å². The zero-order chi connectivity index (χ0) is 14.9. The molecule has 0 bridgehead atoms. The number of carbonyl (C=O) groups excluding carboxylic acids is 2. The van der Waals surface area contributed by atoms with Gasteiger partial charge in [0.2, 0.25) is 11.8 Å². The van der Waals surface area contributed by atoms with Gasteiger partial charge in [0.05, 0.1) is 11.5 Å². The van der Waals surface area contributed by atoms with Gasteiger partial charge in [0.15, 0.2) is 0 Å². The number of imide groups is 1. The molecule has 1 saturated heterocycles. The quantitative estimate of drug-likeness (QED) is 0.868. The summed E-state index contributed by atoms with van der Waals surface area (Å²) in [7, 11) is 0. The molecule has 2 N–H and O–H groups in total. The highest BCUT2D eigenvalue weighted by molar-refractivity contribution is 6.06. The van der Waals surface area contributed by atoms with Crippen LogP contribution in [0.15, 0.2) is 30.3 Å². The lowest BCUT2D eigenvalue weighted by molar-refractivity contribution is -0.144. The molecule has 1 saturated carbocycles. The minimum absolute atomic E-state index is 0.00602. The molecule has 112 valence electrons. The highest BCUT2D eigenvalue weighted by atomic mass is 16.2. The Labute approximate surface area is 125 Å². The van der Waals surface area contributed by atoms with Crippen molar-refractivity contribution < 1.29 is 9.59 Å². The minimum atomic E-state index is -0.433. The molecule has 1 aliphatic carbocycles. The van der Waals surface area contributed by atoms with Gasteiger partial charge < -0.3 is 5.73 Å². The molecule has 0 aromatic heterocycles. The summed E-state index contributed by atoms with van der Waals surface area (Å²) in [4.78, 5) is 26.8. The Morgan fingerprint density at radius 2 is 1.76 bits per heavy atom. The fourth-order valence-electron chi connectivity index (χ4n) is 3.82. The van der Waals surface area contributed by atoms with Crippen molar-refractivity contribution in [1.29, 1.82) is 0 Å². The van der Waals surface area contributed by atoms with Crippen molar-refractivity contribution in [3.8, 4) is 0 Å². The van der Waals surface area contributed by atoms with Crippen molar-refractivity contribution in [2.24, 2.45) is 11.1 Å². The number of nitrogens with zero attached hydrogens (tertiary/aromatic N) is 1. The Morgan fingerprint density at radius 3 is 2.38 bits per heavy atom. The number of rotatable bonds is 3. The van der Waals surface area contributed by atoms with Crippen molar-refractivity contribution >= 4 is 11.8 Å². The summed E-state index contributed by atoms with van der Waals surface area (Å²) >= 11 is 0. The van der Waals surface area contributed by atoms with Gasteiger partial charge in [-0.1, -0.05) is 49.6 Å². The van der Waals surface area contributed by atoms with Crippen LogP contribution in [0.1, 0.15) is 50.1 Å². The van der Waals surface area contributed by atoms with E-state index < -0.39 is 5.41 Å². The van der Waals surface area contributed by atoms with Gasteiger partial charge in [-0.15, -0.1) is 0 Å². The standard InChI is InChI=1S/C17H22N2O2/c18-12-14(13-7-3-1-4-8-13)19-15(20)11-17(16(19)21)9-5-2-6-10-17/h1,3-4,7-8,14H,2,5-6,9-12,18H2. The second kappa shape index (κ2) is 5.60. The van der Waals surface area contributed by atoms with Crippen LogP contribution in [-0.2, 0) is 9.59 Å². The van der Waals surface area contributed by atoms with Crippen LogP contribution in [0.3, 0.4) is 0 Å². The number of carbonyl (C=O) groups is 2. The summed E-state index contributed by atoms with van der Waals surface area (Å²) in [5.41, 5.74) is 6.39. The Morgan fingerprint density at radius 1 is 1.10 bits per heavy atom. The van der Waals surface area contributed by atoms with Crippen molar-refractivity contribution in [3.63, 3.8) is 0 Å². The Bertz CT molecular complexity index is 535. The normalized spacial score (nSPS) is 22.8. The number of amides is 2. The van der Waals surface area contributed by atoms with Gasteiger partial charge in [-0.25, -0.2) is 0 Å². The van der Waals surface area contributed by atoms with E-state index in [0.29, 0.717) is 6.42 Å². The Kier molecular flexibility index (Phi) is 3.81. The summed E-state index contributed by atoms with van der Waals surface area (Å²) in [6.07, 6.45) is 5.33. The maximum Gasteiger partial charge on any atom is 0.236 e. The molecule has 1 aromatic rings. The molecule has 1 aliphatic heterocycles. The first-order valence-corrected chi connectivity index (χ1v) is 7.79. The van der Waals surface area contributed by atoms with Gasteiger partial charge in [-0.05, 0) is 18.4 Å². The summed E-state index contributed by atoms with van der Waals surface area (Å²) in [5.74, 6) is -0.0484. The van der Waals surface area contributed by atoms with Crippen LogP contribution in [0.25, 0.3) is 0 Å². The highest BCUT2D eigenvalue weighted by Crippen LogP contribution is 2.47. The molecule has 1 atom stereocenters. The molecule has 3 rings (SSSR count). The van der Waals surface area contributed by atoms with Crippen molar-refractivity contribution in [2.45, 2.75) is 44.6 Å². The second-order valence-corrected chi connectivity index (χ2v) is 6.25.